The second-order valence-electron chi connectivity index (χ2n) is 4.62. The first-order valence-corrected chi connectivity index (χ1v) is 6.06. The molecule has 2 atom stereocenters. The minimum absolute atomic E-state index is 0.000798. The first-order chi connectivity index (χ1) is 8.62. The molecule has 1 aromatic rings. The van der Waals surface area contributed by atoms with Crippen LogP contribution >= 0.6 is 0 Å². The number of hydrogen-bond acceptors (Lipinski definition) is 5. The highest BCUT2D eigenvalue weighted by atomic mass is 16.5. The monoisotopic (exact) mass is 255 g/mol. The van der Waals surface area contributed by atoms with E-state index in [0.717, 1.165) is 30.2 Å². The highest BCUT2D eigenvalue weighted by Crippen LogP contribution is 2.28. The Balaban J connectivity index is 2.28. The lowest BCUT2D eigenvalue weighted by molar-refractivity contribution is -0.00461. The Labute approximate surface area is 107 Å². The van der Waals surface area contributed by atoms with E-state index in [0.29, 0.717) is 0 Å². The van der Waals surface area contributed by atoms with Crippen LogP contribution < -0.4 is 4.90 Å². The number of aliphatic hydroxyl groups is 1. The fourth-order valence-electron chi connectivity index (χ4n) is 2.64. The minimum Gasteiger partial charge on any atom is -0.391 e. The number of rotatable bonds is 4. The van der Waals surface area contributed by atoms with Crippen LogP contribution in [-0.2, 0) is 23.1 Å². The largest absolute Gasteiger partial charge is 0.391 e. The maximum Gasteiger partial charge on any atom is 0.132 e. The molecule has 2 unspecified atom stereocenters. The molecule has 1 saturated heterocycles. The van der Waals surface area contributed by atoms with E-state index in [1.807, 2.05) is 18.7 Å². The van der Waals surface area contributed by atoms with Crippen molar-refractivity contribution in [2.45, 2.75) is 25.7 Å². The van der Waals surface area contributed by atoms with E-state index in [-0.39, 0.29) is 18.8 Å². The molecule has 2 heterocycles. The molecule has 102 valence electrons. The van der Waals surface area contributed by atoms with Gasteiger partial charge >= 0.3 is 0 Å². The van der Waals surface area contributed by atoms with Crippen LogP contribution in [0.4, 0.5) is 5.82 Å². The Kier molecular flexibility index (Phi) is 3.89. The SMILES string of the molecule is COC1CN(c2c(CO)c(C)nn2C)CC1OC. The fraction of sp³-hybridized carbons (Fsp3) is 0.750. The molecule has 0 spiro atoms. The summed E-state index contributed by atoms with van der Waals surface area (Å²) in [5.74, 6) is 0.955. The summed E-state index contributed by atoms with van der Waals surface area (Å²) in [6.07, 6.45) is 0.105. The van der Waals surface area contributed by atoms with Crippen LogP contribution in [-0.4, -0.2) is 54.4 Å². The first-order valence-electron chi connectivity index (χ1n) is 6.06. The van der Waals surface area contributed by atoms with E-state index in [9.17, 15) is 5.11 Å². The van der Waals surface area contributed by atoms with Gasteiger partial charge in [-0.15, -0.1) is 0 Å². The Morgan fingerprint density at radius 3 is 2.28 bits per heavy atom. The molecule has 1 aliphatic heterocycles. The van der Waals surface area contributed by atoms with E-state index < -0.39 is 0 Å². The van der Waals surface area contributed by atoms with Crippen LogP contribution in [0.25, 0.3) is 0 Å². The molecule has 2 rings (SSSR count). The van der Waals surface area contributed by atoms with Crippen molar-refractivity contribution in [3.63, 3.8) is 0 Å². The van der Waals surface area contributed by atoms with Crippen LogP contribution in [0.1, 0.15) is 11.3 Å². The van der Waals surface area contributed by atoms with Crippen molar-refractivity contribution in [1.29, 1.82) is 0 Å². The summed E-state index contributed by atoms with van der Waals surface area (Å²) >= 11 is 0. The van der Waals surface area contributed by atoms with Gasteiger partial charge in [0.25, 0.3) is 0 Å². The highest BCUT2D eigenvalue weighted by Gasteiger charge is 2.35. The van der Waals surface area contributed by atoms with Crippen molar-refractivity contribution >= 4 is 5.82 Å². The Morgan fingerprint density at radius 2 is 1.83 bits per heavy atom. The number of aryl methyl sites for hydroxylation is 2. The summed E-state index contributed by atoms with van der Waals surface area (Å²) < 4.78 is 12.7. The van der Waals surface area contributed by atoms with Gasteiger partial charge in [0.2, 0.25) is 0 Å². The van der Waals surface area contributed by atoms with Crippen molar-refractivity contribution in [1.82, 2.24) is 9.78 Å². The predicted octanol–water partition coefficient (Wildman–Crippen LogP) is 0.0708. The lowest BCUT2D eigenvalue weighted by Gasteiger charge is -2.19. The zero-order chi connectivity index (χ0) is 13.3. The molecule has 0 bridgehead atoms. The van der Waals surface area contributed by atoms with Crippen LogP contribution in [0.3, 0.4) is 0 Å². The molecule has 6 nitrogen and oxygen atoms in total. The fourth-order valence-corrected chi connectivity index (χ4v) is 2.64. The number of methoxy groups -OCH3 is 2. The zero-order valence-corrected chi connectivity index (χ0v) is 11.4. The molecule has 0 saturated carbocycles. The molecule has 6 heteroatoms. The number of aromatic nitrogens is 2. The van der Waals surface area contributed by atoms with Gasteiger partial charge in [0.15, 0.2) is 0 Å². The van der Waals surface area contributed by atoms with Gasteiger partial charge in [-0.2, -0.15) is 5.10 Å². The zero-order valence-electron chi connectivity index (χ0n) is 11.4. The number of aliphatic hydroxyl groups excluding tert-OH is 1. The molecule has 1 aromatic heterocycles. The van der Waals surface area contributed by atoms with Gasteiger partial charge in [-0.1, -0.05) is 0 Å². The van der Waals surface area contributed by atoms with Gasteiger partial charge in [0, 0.05) is 39.9 Å². The maximum atomic E-state index is 9.48. The number of anilines is 1. The summed E-state index contributed by atoms with van der Waals surface area (Å²) in [6, 6.07) is 0. The van der Waals surface area contributed by atoms with Crippen LogP contribution in [0.5, 0.6) is 0 Å². The first kappa shape index (κ1) is 13.3. The molecule has 0 aromatic carbocycles. The van der Waals surface area contributed by atoms with Crippen LogP contribution in [0, 0.1) is 6.92 Å². The average Bonchev–Trinajstić information content (AvgIpc) is 2.88. The Bertz CT molecular complexity index is 407. The van der Waals surface area contributed by atoms with E-state index in [2.05, 4.69) is 10.00 Å². The van der Waals surface area contributed by atoms with Crippen molar-refractivity contribution < 1.29 is 14.6 Å². The molecule has 1 fully saturated rings. The number of ether oxygens (including phenoxy) is 2. The average molecular weight is 255 g/mol. The van der Waals surface area contributed by atoms with Crippen molar-refractivity contribution in [3.05, 3.63) is 11.3 Å². The molecular weight excluding hydrogens is 234 g/mol. The third-order valence-electron chi connectivity index (χ3n) is 3.59. The van der Waals surface area contributed by atoms with Gasteiger partial charge in [-0.3, -0.25) is 4.68 Å². The molecule has 0 radical (unpaired) electrons. The highest BCUT2D eigenvalue weighted by molar-refractivity contribution is 5.51. The quantitative estimate of drug-likeness (QED) is 0.825. The molecular formula is C12H21N3O3. The van der Waals surface area contributed by atoms with Gasteiger partial charge in [0.1, 0.15) is 18.0 Å². The summed E-state index contributed by atoms with van der Waals surface area (Å²) in [7, 11) is 5.28. The van der Waals surface area contributed by atoms with Gasteiger partial charge < -0.3 is 19.5 Å². The van der Waals surface area contributed by atoms with Crippen molar-refractivity contribution in [2.75, 3.05) is 32.2 Å². The second-order valence-corrected chi connectivity index (χ2v) is 4.62. The van der Waals surface area contributed by atoms with Crippen molar-refractivity contribution in [3.8, 4) is 0 Å². The van der Waals surface area contributed by atoms with Gasteiger partial charge in [-0.25, -0.2) is 0 Å². The van der Waals surface area contributed by atoms with E-state index in [1.54, 1.807) is 14.2 Å². The topological polar surface area (TPSA) is 59.8 Å². The van der Waals surface area contributed by atoms with E-state index in [1.165, 1.54) is 0 Å². The minimum atomic E-state index is 0.000798. The molecule has 1 N–H and O–H groups in total. The molecule has 18 heavy (non-hydrogen) atoms. The Hall–Kier alpha value is -1.11. The third kappa shape index (κ3) is 2.11. The molecule has 0 aliphatic carbocycles. The summed E-state index contributed by atoms with van der Waals surface area (Å²) in [5.41, 5.74) is 1.74. The summed E-state index contributed by atoms with van der Waals surface area (Å²) in [5, 5.41) is 13.8. The van der Waals surface area contributed by atoms with Crippen LogP contribution in [0.2, 0.25) is 0 Å². The van der Waals surface area contributed by atoms with E-state index in [4.69, 9.17) is 9.47 Å². The predicted molar refractivity (Wildman–Crippen MR) is 67.7 cm³/mol. The lowest BCUT2D eigenvalue weighted by atomic mass is 10.2. The standard InChI is InChI=1S/C12H21N3O3/c1-8-9(7-16)12(14(2)13-8)15-5-10(17-3)11(6-15)18-4/h10-11,16H,5-7H2,1-4H3. The van der Waals surface area contributed by atoms with Crippen LogP contribution in [0.15, 0.2) is 0 Å². The second kappa shape index (κ2) is 5.26. The molecule has 0 amide bonds. The van der Waals surface area contributed by atoms with Gasteiger partial charge in [-0.05, 0) is 6.92 Å². The van der Waals surface area contributed by atoms with E-state index >= 15 is 0 Å². The summed E-state index contributed by atoms with van der Waals surface area (Å²) in [6.45, 7) is 3.41. The smallest absolute Gasteiger partial charge is 0.132 e. The maximum absolute atomic E-state index is 9.48. The summed E-state index contributed by atoms with van der Waals surface area (Å²) in [4.78, 5) is 2.16. The van der Waals surface area contributed by atoms with Gasteiger partial charge in [0.05, 0.1) is 12.3 Å². The lowest BCUT2D eigenvalue weighted by Crippen LogP contribution is -2.27. The van der Waals surface area contributed by atoms with Crippen molar-refractivity contribution in [2.24, 2.45) is 7.05 Å². The third-order valence-corrected chi connectivity index (χ3v) is 3.59. The normalized spacial score (nSPS) is 23.9. The Morgan fingerprint density at radius 1 is 1.28 bits per heavy atom. The molecule has 1 aliphatic rings. The number of nitrogens with zero attached hydrogens (tertiary/aromatic N) is 3. The number of hydrogen-bond donors (Lipinski definition) is 1.